The van der Waals surface area contributed by atoms with E-state index in [1.165, 1.54) is 0 Å². The molecule has 0 radical (unpaired) electrons. The topological polar surface area (TPSA) is 50.4 Å². The molecular weight excluding hydrogens is 192 g/mol. The van der Waals surface area contributed by atoms with Crippen molar-refractivity contribution in [3.8, 4) is 0 Å². The molecule has 2 atom stereocenters. The Kier molecular flexibility index (Phi) is 2.98. The first-order valence-electron chi connectivity index (χ1n) is 5.77. The molecule has 4 heteroatoms. The van der Waals surface area contributed by atoms with Gasteiger partial charge in [0, 0.05) is 19.1 Å². The van der Waals surface area contributed by atoms with E-state index >= 15 is 0 Å². The fourth-order valence-corrected chi connectivity index (χ4v) is 1.94. The zero-order chi connectivity index (χ0) is 10.9. The monoisotopic (exact) mass is 212 g/mol. The third-order valence-electron chi connectivity index (χ3n) is 3.34. The molecule has 1 amide bonds. The highest BCUT2D eigenvalue weighted by molar-refractivity contribution is 5.78. The first kappa shape index (κ1) is 10.9. The van der Waals surface area contributed by atoms with Crippen molar-refractivity contribution in [1.82, 2.24) is 10.6 Å². The van der Waals surface area contributed by atoms with Gasteiger partial charge in [-0.1, -0.05) is 13.3 Å². The highest BCUT2D eigenvalue weighted by Crippen LogP contribution is 2.32. The summed E-state index contributed by atoms with van der Waals surface area (Å²) >= 11 is 0. The molecule has 0 aromatic carbocycles. The van der Waals surface area contributed by atoms with Crippen LogP contribution in [0.2, 0.25) is 0 Å². The van der Waals surface area contributed by atoms with Crippen LogP contribution in [0, 0.1) is 5.92 Å². The highest BCUT2D eigenvalue weighted by Gasteiger charge is 2.37. The Labute approximate surface area is 90.8 Å². The van der Waals surface area contributed by atoms with Crippen molar-refractivity contribution in [2.24, 2.45) is 5.92 Å². The summed E-state index contributed by atoms with van der Waals surface area (Å²) in [4.78, 5) is 11.5. The van der Waals surface area contributed by atoms with Crippen molar-refractivity contribution in [2.45, 2.75) is 38.3 Å². The molecule has 0 aromatic rings. The molecule has 1 aliphatic heterocycles. The van der Waals surface area contributed by atoms with Gasteiger partial charge in [-0.25, -0.2) is 0 Å². The molecule has 0 bridgehead atoms. The summed E-state index contributed by atoms with van der Waals surface area (Å²) < 4.78 is 5.55. The molecule has 1 saturated carbocycles. The first-order valence-corrected chi connectivity index (χ1v) is 5.77. The zero-order valence-electron chi connectivity index (χ0n) is 9.51. The van der Waals surface area contributed by atoms with Gasteiger partial charge < -0.3 is 15.4 Å². The van der Waals surface area contributed by atoms with Crippen LogP contribution in [0.1, 0.15) is 26.7 Å². The molecule has 2 N–H and O–H groups in total. The van der Waals surface area contributed by atoms with E-state index < -0.39 is 0 Å². The second-order valence-electron chi connectivity index (χ2n) is 4.92. The molecule has 0 aromatic heterocycles. The predicted octanol–water partition coefficient (Wildman–Crippen LogP) is 0.280. The normalized spacial score (nSPS) is 31.9. The molecular formula is C11H20N2O2. The Balaban J connectivity index is 1.61. The predicted molar refractivity (Wildman–Crippen MR) is 57.6 cm³/mol. The number of amides is 1. The molecule has 2 fully saturated rings. The number of ether oxygens (including phenoxy) is 1. The van der Waals surface area contributed by atoms with Crippen LogP contribution in [0.15, 0.2) is 0 Å². The first-order chi connectivity index (χ1) is 7.13. The average Bonchev–Trinajstić information content (AvgIpc) is 2.90. The van der Waals surface area contributed by atoms with E-state index in [1.54, 1.807) is 0 Å². The third kappa shape index (κ3) is 2.69. The molecule has 1 saturated heterocycles. The van der Waals surface area contributed by atoms with E-state index in [0.29, 0.717) is 12.0 Å². The zero-order valence-corrected chi connectivity index (χ0v) is 9.51. The number of nitrogens with one attached hydrogen (secondary N) is 2. The minimum atomic E-state index is -0.120. The second kappa shape index (κ2) is 4.10. The lowest BCUT2D eigenvalue weighted by molar-refractivity contribution is -0.136. The Morgan fingerprint density at radius 3 is 2.80 bits per heavy atom. The lowest BCUT2D eigenvalue weighted by Crippen LogP contribution is -2.59. The van der Waals surface area contributed by atoms with Crippen LogP contribution in [0.5, 0.6) is 0 Å². The third-order valence-corrected chi connectivity index (χ3v) is 3.34. The second-order valence-corrected chi connectivity index (χ2v) is 4.92. The van der Waals surface area contributed by atoms with E-state index in [2.05, 4.69) is 17.6 Å². The van der Waals surface area contributed by atoms with Crippen LogP contribution in [0.3, 0.4) is 0 Å². The average molecular weight is 212 g/mol. The lowest BCUT2D eigenvalue weighted by atomic mass is 10.0. The minimum absolute atomic E-state index is 0.0316. The standard InChI is InChI=1S/C11H20N2O2/c1-3-8-4-9(8)13-10(14)5-15-11(2)6-12-7-11/h8-9,12H,3-7H2,1-2H3,(H,13,14). The van der Waals surface area contributed by atoms with Crippen LogP contribution >= 0.6 is 0 Å². The van der Waals surface area contributed by atoms with E-state index in [4.69, 9.17) is 4.74 Å². The fraction of sp³-hybridized carbons (Fsp3) is 0.909. The summed E-state index contributed by atoms with van der Waals surface area (Å²) in [6, 6.07) is 0.415. The molecule has 2 unspecified atom stereocenters. The van der Waals surface area contributed by atoms with Crippen molar-refractivity contribution < 1.29 is 9.53 Å². The SMILES string of the molecule is CCC1CC1NC(=O)COC1(C)CNC1. The minimum Gasteiger partial charge on any atom is -0.363 e. The van der Waals surface area contributed by atoms with Crippen LogP contribution in [0.25, 0.3) is 0 Å². The van der Waals surface area contributed by atoms with E-state index in [1.807, 2.05) is 6.92 Å². The largest absolute Gasteiger partial charge is 0.363 e. The van der Waals surface area contributed by atoms with Gasteiger partial charge in [0.2, 0.25) is 5.91 Å². The van der Waals surface area contributed by atoms with Crippen LogP contribution in [-0.4, -0.2) is 37.2 Å². The summed E-state index contributed by atoms with van der Waals surface area (Å²) in [6.07, 6.45) is 2.30. The molecule has 86 valence electrons. The molecule has 4 nitrogen and oxygen atoms in total. The van der Waals surface area contributed by atoms with Gasteiger partial charge in [0.1, 0.15) is 6.61 Å². The molecule has 2 rings (SSSR count). The number of carbonyl (C=O) groups is 1. The Hall–Kier alpha value is -0.610. The molecule has 0 spiro atoms. The number of hydrogen-bond acceptors (Lipinski definition) is 3. The number of rotatable bonds is 5. The van der Waals surface area contributed by atoms with Crippen molar-refractivity contribution in [3.63, 3.8) is 0 Å². The van der Waals surface area contributed by atoms with Crippen molar-refractivity contribution in [1.29, 1.82) is 0 Å². The quantitative estimate of drug-likeness (QED) is 0.688. The van der Waals surface area contributed by atoms with Crippen LogP contribution in [0.4, 0.5) is 0 Å². The smallest absolute Gasteiger partial charge is 0.246 e. The Morgan fingerprint density at radius 2 is 2.33 bits per heavy atom. The van der Waals surface area contributed by atoms with Crippen LogP contribution in [-0.2, 0) is 9.53 Å². The fourth-order valence-electron chi connectivity index (χ4n) is 1.94. The van der Waals surface area contributed by atoms with Gasteiger partial charge in [0.05, 0.1) is 5.60 Å². The molecule has 2 aliphatic rings. The van der Waals surface area contributed by atoms with E-state index in [9.17, 15) is 4.79 Å². The van der Waals surface area contributed by atoms with E-state index in [0.717, 1.165) is 25.9 Å². The van der Waals surface area contributed by atoms with Gasteiger partial charge in [-0.05, 0) is 19.3 Å². The summed E-state index contributed by atoms with van der Waals surface area (Å²) in [5.74, 6) is 0.735. The summed E-state index contributed by atoms with van der Waals surface area (Å²) in [5.41, 5.74) is -0.120. The molecule has 1 heterocycles. The summed E-state index contributed by atoms with van der Waals surface area (Å²) in [7, 11) is 0. The van der Waals surface area contributed by atoms with Crippen molar-refractivity contribution in [3.05, 3.63) is 0 Å². The number of hydrogen-bond donors (Lipinski definition) is 2. The van der Waals surface area contributed by atoms with E-state index in [-0.39, 0.29) is 18.1 Å². The van der Waals surface area contributed by atoms with Gasteiger partial charge in [-0.3, -0.25) is 4.79 Å². The lowest BCUT2D eigenvalue weighted by Gasteiger charge is -2.38. The van der Waals surface area contributed by atoms with Crippen LogP contribution < -0.4 is 10.6 Å². The van der Waals surface area contributed by atoms with Gasteiger partial charge in [0.25, 0.3) is 0 Å². The Morgan fingerprint density at radius 1 is 1.60 bits per heavy atom. The van der Waals surface area contributed by atoms with Gasteiger partial charge >= 0.3 is 0 Å². The summed E-state index contributed by atoms with van der Waals surface area (Å²) in [5, 5.41) is 6.13. The van der Waals surface area contributed by atoms with Crippen molar-refractivity contribution >= 4 is 5.91 Å². The van der Waals surface area contributed by atoms with Gasteiger partial charge in [-0.2, -0.15) is 0 Å². The van der Waals surface area contributed by atoms with Gasteiger partial charge in [0.15, 0.2) is 0 Å². The molecule has 1 aliphatic carbocycles. The maximum absolute atomic E-state index is 11.5. The highest BCUT2D eigenvalue weighted by atomic mass is 16.5. The maximum atomic E-state index is 11.5. The van der Waals surface area contributed by atoms with Gasteiger partial charge in [-0.15, -0.1) is 0 Å². The maximum Gasteiger partial charge on any atom is 0.246 e. The number of carbonyl (C=O) groups excluding carboxylic acids is 1. The Bertz CT molecular complexity index is 251. The summed E-state index contributed by atoms with van der Waals surface area (Å²) in [6.45, 7) is 6.09. The molecule has 15 heavy (non-hydrogen) atoms. The van der Waals surface area contributed by atoms with Crippen molar-refractivity contribution in [2.75, 3.05) is 19.7 Å².